The number of hydrogen-bond donors (Lipinski definition) is 1. The lowest BCUT2D eigenvalue weighted by atomic mass is 10.2. The lowest BCUT2D eigenvalue weighted by Gasteiger charge is -2.36. The van der Waals surface area contributed by atoms with Crippen LogP contribution in [0.3, 0.4) is 0 Å². The third-order valence-corrected chi connectivity index (χ3v) is 5.82. The highest BCUT2D eigenvalue weighted by molar-refractivity contribution is 5.96. The van der Waals surface area contributed by atoms with Crippen LogP contribution in [-0.2, 0) is 0 Å². The molecule has 1 saturated heterocycles. The molecule has 1 N–H and O–H groups in total. The van der Waals surface area contributed by atoms with Crippen LogP contribution in [-0.4, -0.2) is 53.9 Å². The summed E-state index contributed by atoms with van der Waals surface area (Å²) in [7, 11) is 0. The van der Waals surface area contributed by atoms with Crippen LogP contribution in [0.2, 0.25) is 0 Å². The molecular weight excluding hydrogens is 364 g/mol. The average Bonchev–Trinajstić information content (AvgIpc) is 3.26. The molecule has 2 amide bonds. The van der Waals surface area contributed by atoms with Crippen LogP contribution >= 0.6 is 0 Å². The predicted molar refractivity (Wildman–Crippen MR) is 113 cm³/mol. The minimum Gasteiger partial charge on any atom is -0.368 e. The van der Waals surface area contributed by atoms with Crippen LogP contribution in [0.4, 0.5) is 5.69 Å². The van der Waals surface area contributed by atoms with Crippen molar-refractivity contribution in [1.82, 2.24) is 15.2 Å². The average molecular weight is 393 g/mol. The van der Waals surface area contributed by atoms with Gasteiger partial charge in [-0.2, -0.15) is 0 Å². The summed E-state index contributed by atoms with van der Waals surface area (Å²) in [6, 6.07) is 13.8. The molecule has 4 rings (SSSR count). The molecule has 1 aliphatic carbocycles. The summed E-state index contributed by atoms with van der Waals surface area (Å²) >= 11 is 0. The summed E-state index contributed by atoms with van der Waals surface area (Å²) in [6.07, 6.45) is 4.36. The van der Waals surface area contributed by atoms with Gasteiger partial charge in [0.25, 0.3) is 11.8 Å². The highest BCUT2D eigenvalue weighted by atomic mass is 16.2. The van der Waals surface area contributed by atoms with Crippen molar-refractivity contribution in [1.29, 1.82) is 0 Å². The van der Waals surface area contributed by atoms with E-state index in [2.05, 4.69) is 46.4 Å². The van der Waals surface area contributed by atoms with Gasteiger partial charge < -0.3 is 15.1 Å². The summed E-state index contributed by atoms with van der Waals surface area (Å²) in [5.41, 5.74) is 3.09. The van der Waals surface area contributed by atoms with E-state index in [0.29, 0.717) is 24.5 Å². The van der Waals surface area contributed by atoms with Gasteiger partial charge >= 0.3 is 0 Å². The maximum Gasteiger partial charge on any atom is 0.272 e. The Morgan fingerprint density at radius 2 is 1.66 bits per heavy atom. The summed E-state index contributed by atoms with van der Waals surface area (Å²) in [4.78, 5) is 33.9. The van der Waals surface area contributed by atoms with Gasteiger partial charge in [-0.25, -0.2) is 4.98 Å². The molecule has 1 aliphatic heterocycles. The molecule has 2 fully saturated rings. The number of pyridine rings is 1. The summed E-state index contributed by atoms with van der Waals surface area (Å²) in [5.74, 6) is -0.291. The summed E-state index contributed by atoms with van der Waals surface area (Å²) in [6.45, 7) is 4.96. The number of amides is 2. The fourth-order valence-electron chi connectivity index (χ4n) is 4.16. The van der Waals surface area contributed by atoms with E-state index in [0.717, 1.165) is 38.8 Å². The van der Waals surface area contributed by atoms with Crippen LogP contribution in [0.25, 0.3) is 0 Å². The van der Waals surface area contributed by atoms with E-state index >= 15 is 0 Å². The highest BCUT2D eigenvalue weighted by Crippen LogP contribution is 2.19. The van der Waals surface area contributed by atoms with Gasteiger partial charge in [0, 0.05) is 37.9 Å². The van der Waals surface area contributed by atoms with E-state index in [1.807, 2.05) is 4.90 Å². The molecule has 29 heavy (non-hydrogen) atoms. The first-order valence-electron chi connectivity index (χ1n) is 10.5. The molecule has 0 spiro atoms. The number of carbonyl (C=O) groups excluding carboxylic acids is 2. The molecule has 2 aromatic rings. The van der Waals surface area contributed by atoms with E-state index in [1.165, 1.54) is 11.3 Å². The van der Waals surface area contributed by atoms with Gasteiger partial charge in [-0.15, -0.1) is 0 Å². The molecule has 1 aromatic heterocycles. The van der Waals surface area contributed by atoms with E-state index in [9.17, 15) is 9.59 Å². The van der Waals surface area contributed by atoms with Crippen molar-refractivity contribution < 1.29 is 9.59 Å². The van der Waals surface area contributed by atoms with E-state index in [4.69, 9.17) is 0 Å². The first kappa shape index (κ1) is 19.4. The Morgan fingerprint density at radius 3 is 2.38 bits per heavy atom. The van der Waals surface area contributed by atoms with Crippen LogP contribution in [0, 0.1) is 6.92 Å². The van der Waals surface area contributed by atoms with Gasteiger partial charge in [-0.1, -0.05) is 31.0 Å². The Labute approximate surface area is 171 Å². The standard InChI is InChI=1S/C23H28N4O2/c1-17-6-4-9-19(16-17)26-12-14-27(15-13-26)23(29)21-11-5-10-20(25-21)22(28)24-18-7-2-3-8-18/h4-6,9-11,16,18H,2-3,7-8,12-15H2,1H3,(H,24,28). The topological polar surface area (TPSA) is 65.5 Å². The second-order valence-electron chi connectivity index (χ2n) is 7.98. The van der Waals surface area contributed by atoms with Crippen molar-refractivity contribution in [2.75, 3.05) is 31.1 Å². The number of piperazine rings is 1. The molecular formula is C23H28N4O2. The third kappa shape index (κ3) is 4.58. The number of aromatic nitrogens is 1. The monoisotopic (exact) mass is 392 g/mol. The van der Waals surface area contributed by atoms with Gasteiger partial charge in [0.15, 0.2) is 0 Å². The molecule has 152 valence electrons. The molecule has 0 unspecified atom stereocenters. The Bertz CT molecular complexity index is 884. The Hall–Kier alpha value is -2.89. The zero-order valence-corrected chi connectivity index (χ0v) is 16.9. The molecule has 6 nitrogen and oxygen atoms in total. The first-order chi connectivity index (χ1) is 14.1. The van der Waals surface area contributed by atoms with Crippen LogP contribution in [0.1, 0.15) is 52.2 Å². The fraction of sp³-hybridized carbons (Fsp3) is 0.435. The van der Waals surface area contributed by atoms with E-state index < -0.39 is 0 Å². The molecule has 0 atom stereocenters. The zero-order chi connectivity index (χ0) is 20.2. The van der Waals surface area contributed by atoms with Crippen molar-refractivity contribution in [3.8, 4) is 0 Å². The van der Waals surface area contributed by atoms with Crippen LogP contribution in [0.15, 0.2) is 42.5 Å². The fourth-order valence-corrected chi connectivity index (χ4v) is 4.16. The largest absolute Gasteiger partial charge is 0.368 e. The second kappa shape index (κ2) is 8.64. The Kier molecular flexibility index (Phi) is 5.79. The van der Waals surface area contributed by atoms with Crippen molar-refractivity contribution in [2.45, 2.75) is 38.6 Å². The smallest absolute Gasteiger partial charge is 0.272 e. The van der Waals surface area contributed by atoms with Gasteiger partial charge in [-0.05, 0) is 49.6 Å². The maximum atomic E-state index is 12.9. The van der Waals surface area contributed by atoms with Crippen molar-refractivity contribution >= 4 is 17.5 Å². The number of nitrogens with zero attached hydrogens (tertiary/aromatic N) is 3. The third-order valence-electron chi connectivity index (χ3n) is 5.82. The SMILES string of the molecule is Cc1cccc(N2CCN(C(=O)c3cccc(C(=O)NC4CCCC4)n3)CC2)c1. The minimum atomic E-state index is -0.184. The number of anilines is 1. The highest BCUT2D eigenvalue weighted by Gasteiger charge is 2.24. The first-order valence-corrected chi connectivity index (χ1v) is 10.5. The van der Waals surface area contributed by atoms with Crippen LogP contribution < -0.4 is 10.2 Å². The molecule has 0 bridgehead atoms. The number of rotatable bonds is 4. The molecule has 1 aromatic carbocycles. The maximum absolute atomic E-state index is 12.9. The van der Waals surface area contributed by atoms with Crippen molar-refractivity contribution in [3.05, 3.63) is 59.4 Å². The van der Waals surface area contributed by atoms with Crippen molar-refractivity contribution in [3.63, 3.8) is 0 Å². The van der Waals surface area contributed by atoms with Crippen molar-refractivity contribution in [2.24, 2.45) is 0 Å². The number of carbonyl (C=O) groups is 2. The number of benzene rings is 1. The van der Waals surface area contributed by atoms with Gasteiger partial charge in [-0.3, -0.25) is 9.59 Å². The van der Waals surface area contributed by atoms with Gasteiger partial charge in [0.2, 0.25) is 0 Å². The van der Waals surface area contributed by atoms with Gasteiger partial charge in [0.1, 0.15) is 11.4 Å². The summed E-state index contributed by atoms with van der Waals surface area (Å²) < 4.78 is 0. The molecule has 2 heterocycles. The normalized spacial score (nSPS) is 17.4. The second-order valence-corrected chi connectivity index (χ2v) is 7.98. The Balaban J connectivity index is 1.38. The number of hydrogen-bond acceptors (Lipinski definition) is 4. The minimum absolute atomic E-state index is 0.107. The van der Waals surface area contributed by atoms with Gasteiger partial charge in [0.05, 0.1) is 0 Å². The zero-order valence-electron chi connectivity index (χ0n) is 16.9. The lowest BCUT2D eigenvalue weighted by Crippen LogP contribution is -2.49. The van der Waals surface area contributed by atoms with Crippen LogP contribution in [0.5, 0.6) is 0 Å². The quantitative estimate of drug-likeness (QED) is 0.869. The van der Waals surface area contributed by atoms with E-state index in [-0.39, 0.29) is 17.9 Å². The Morgan fingerprint density at radius 1 is 0.966 bits per heavy atom. The van der Waals surface area contributed by atoms with E-state index in [1.54, 1.807) is 18.2 Å². The molecule has 0 radical (unpaired) electrons. The summed E-state index contributed by atoms with van der Waals surface area (Å²) in [5, 5.41) is 3.04. The molecule has 6 heteroatoms. The molecule has 1 saturated carbocycles. The predicted octanol–water partition coefficient (Wildman–Crippen LogP) is 3.02. The molecule has 2 aliphatic rings. The lowest BCUT2D eigenvalue weighted by molar-refractivity contribution is 0.0740. The number of nitrogens with one attached hydrogen (secondary N) is 1. The number of aryl methyl sites for hydroxylation is 1.